The van der Waals surface area contributed by atoms with Crippen LogP contribution >= 0.6 is 12.4 Å². The Hall–Kier alpha value is -1.43. The third kappa shape index (κ3) is 3.48. The van der Waals surface area contributed by atoms with Crippen LogP contribution in [0.3, 0.4) is 0 Å². The highest BCUT2D eigenvalue weighted by atomic mass is 35.5. The highest BCUT2D eigenvalue weighted by Crippen LogP contribution is 2.35. The Morgan fingerprint density at radius 1 is 1.17 bits per heavy atom. The molecule has 130 valence electrons. The van der Waals surface area contributed by atoms with Gasteiger partial charge in [0.25, 0.3) is 0 Å². The van der Waals surface area contributed by atoms with Crippen LogP contribution in [0.15, 0.2) is 52.3 Å². The quantitative estimate of drug-likeness (QED) is 0.893. The molecule has 0 saturated heterocycles. The lowest BCUT2D eigenvalue weighted by Crippen LogP contribution is -2.23. The lowest BCUT2D eigenvalue weighted by molar-refractivity contribution is 0.489. The predicted octanol–water partition coefficient (Wildman–Crippen LogP) is 3.72. The van der Waals surface area contributed by atoms with E-state index in [1.54, 1.807) is 24.3 Å². The number of hydrogen-bond donors (Lipinski definition) is 1. The van der Waals surface area contributed by atoms with Gasteiger partial charge in [0.2, 0.25) is 9.84 Å². The number of hydrogen-bond acceptors (Lipinski definition) is 3. The monoisotopic (exact) mass is 369 g/mol. The predicted molar refractivity (Wildman–Crippen MR) is 95.1 cm³/mol. The fourth-order valence-electron chi connectivity index (χ4n) is 3.34. The fourth-order valence-corrected chi connectivity index (χ4v) is 4.68. The zero-order valence-electron chi connectivity index (χ0n) is 13.5. The first kappa shape index (κ1) is 18.9. The molecule has 0 aromatic heterocycles. The summed E-state index contributed by atoms with van der Waals surface area (Å²) in [5.41, 5.74) is 1.50. The summed E-state index contributed by atoms with van der Waals surface area (Å²) in [5.74, 6) is -0.297. The van der Waals surface area contributed by atoms with E-state index in [1.165, 1.54) is 18.2 Å². The van der Waals surface area contributed by atoms with Gasteiger partial charge in [0.15, 0.2) is 0 Å². The summed E-state index contributed by atoms with van der Waals surface area (Å²) in [5, 5.41) is 3.09. The van der Waals surface area contributed by atoms with E-state index in [4.69, 9.17) is 0 Å². The molecule has 2 aromatic carbocycles. The Balaban J connectivity index is 0.00000208. The normalized spacial score (nSPS) is 17.0. The molecule has 3 rings (SSSR count). The number of fused-ring (bicyclic) bond motifs is 1. The van der Waals surface area contributed by atoms with E-state index >= 15 is 0 Å². The van der Waals surface area contributed by atoms with Crippen LogP contribution < -0.4 is 5.32 Å². The molecule has 0 fully saturated rings. The Kier molecular flexibility index (Phi) is 6.01. The zero-order valence-corrected chi connectivity index (χ0v) is 15.1. The maximum atomic E-state index is 14.7. The minimum absolute atomic E-state index is 0. The SMILES string of the molecule is CNCC1CCCc2cc(S(=O)(=O)c3ccccc3)cc(F)c21.Cl. The molecule has 0 aliphatic heterocycles. The molecule has 1 aliphatic rings. The summed E-state index contributed by atoms with van der Waals surface area (Å²) in [6.45, 7) is 0.703. The van der Waals surface area contributed by atoms with Crippen molar-refractivity contribution in [2.45, 2.75) is 35.0 Å². The molecule has 2 aromatic rings. The molecule has 3 nitrogen and oxygen atoms in total. The van der Waals surface area contributed by atoms with E-state index in [0.717, 1.165) is 24.8 Å². The molecule has 0 radical (unpaired) electrons. The second-order valence-electron chi connectivity index (χ2n) is 5.94. The lowest BCUT2D eigenvalue weighted by Gasteiger charge is -2.26. The molecule has 24 heavy (non-hydrogen) atoms. The summed E-state index contributed by atoms with van der Waals surface area (Å²) in [6, 6.07) is 11.0. The van der Waals surface area contributed by atoms with Gasteiger partial charge in [-0.15, -0.1) is 12.4 Å². The maximum absolute atomic E-state index is 14.7. The number of likely N-dealkylation sites (N-methyl/N-ethyl adjacent to an activating group) is 1. The minimum atomic E-state index is -3.68. The van der Waals surface area contributed by atoms with Gasteiger partial charge in [0.05, 0.1) is 9.79 Å². The van der Waals surface area contributed by atoms with Crippen LogP contribution in [0.2, 0.25) is 0 Å². The van der Waals surface area contributed by atoms with Gasteiger partial charge in [0.1, 0.15) is 5.82 Å². The van der Waals surface area contributed by atoms with Crippen molar-refractivity contribution >= 4 is 22.2 Å². The van der Waals surface area contributed by atoms with Crippen LogP contribution in [0.25, 0.3) is 0 Å². The average molecular weight is 370 g/mol. The van der Waals surface area contributed by atoms with Gasteiger partial charge < -0.3 is 5.32 Å². The Morgan fingerprint density at radius 3 is 2.54 bits per heavy atom. The van der Waals surface area contributed by atoms with Crippen LogP contribution in [0.1, 0.15) is 29.9 Å². The number of nitrogens with one attached hydrogen (secondary N) is 1. The standard InChI is InChI=1S/C18H20FNO2S.ClH/c1-20-12-14-7-5-6-13-10-16(11-17(19)18(13)14)23(21,22)15-8-3-2-4-9-15;/h2-4,8-11,14,20H,5-7,12H2,1H3;1H. The van der Waals surface area contributed by atoms with Crippen LogP contribution in [0.4, 0.5) is 4.39 Å². The van der Waals surface area contributed by atoms with Gasteiger partial charge in [0, 0.05) is 6.54 Å². The molecule has 1 atom stereocenters. The first-order valence-electron chi connectivity index (χ1n) is 7.81. The van der Waals surface area contributed by atoms with Crippen molar-refractivity contribution < 1.29 is 12.8 Å². The minimum Gasteiger partial charge on any atom is -0.319 e. The molecule has 0 heterocycles. The van der Waals surface area contributed by atoms with Crippen LogP contribution in [0, 0.1) is 5.82 Å². The zero-order chi connectivity index (χ0) is 16.4. The second kappa shape index (κ2) is 7.64. The third-order valence-corrected chi connectivity index (χ3v) is 6.16. The molecule has 0 bridgehead atoms. The molecule has 0 amide bonds. The van der Waals surface area contributed by atoms with Gasteiger partial charge in [-0.25, -0.2) is 12.8 Å². The molecule has 0 saturated carbocycles. The van der Waals surface area contributed by atoms with Crippen LogP contribution in [-0.2, 0) is 16.3 Å². The largest absolute Gasteiger partial charge is 0.319 e. The van der Waals surface area contributed by atoms with Gasteiger partial charge in [-0.1, -0.05) is 18.2 Å². The summed E-state index contributed by atoms with van der Waals surface area (Å²) < 4.78 is 40.1. The first-order chi connectivity index (χ1) is 11.0. The number of aryl methyl sites for hydroxylation is 1. The summed E-state index contributed by atoms with van der Waals surface area (Å²) in [4.78, 5) is 0.243. The first-order valence-corrected chi connectivity index (χ1v) is 9.29. The van der Waals surface area contributed by atoms with E-state index in [1.807, 2.05) is 7.05 Å². The van der Waals surface area contributed by atoms with E-state index in [9.17, 15) is 12.8 Å². The van der Waals surface area contributed by atoms with Gasteiger partial charge in [-0.3, -0.25) is 0 Å². The Bertz CT molecular complexity index is 809. The highest BCUT2D eigenvalue weighted by Gasteiger charge is 2.27. The summed E-state index contributed by atoms with van der Waals surface area (Å²) >= 11 is 0. The van der Waals surface area contributed by atoms with Crippen LogP contribution in [0.5, 0.6) is 0 Å². The van der Waals surface area contributed by atoms with Crippen molar-refractivity contribution in [1.29, 1.82) is 0 Å². The van der Waals surface area contributed by atoms with Crippen molar-refractivity contribution in [2.24, 2.45) is 0 Å². The van der Waals surface area contributed by atoms with Crippen molar-refractivity contribution in [3.63, 3.8) is 0 Å². The van der Waals surface area contributed by atoms with Gasteiger partial charge in [-0.2, -0.15) is 0 Å². The van der Waals surface area contributed by atoms with Crippen molar-refractivity contribution in [1.82, 2.24) is 5.32 Å². The molecule has 1 unspecified atom stereocenters. The van der Waals surface area contributed by atoms with E-state index in [2.05, 4.69) is 5.32 Å². The Morgan fingerprint density at radius 2 is 1.88 bits per heavy atom. The highest BCUT2D eigenvalue weighted by molar-refractivity contribution is 7.91. The molecule has 6 heteroatoms. The number of sulfone groups is 1. The van der Waals surface area contributed by atoms with Crippen LogP contribution in [-0.4, -0.2) is 22.0 Å². The molecule has 0 spiro atoms. The van der Waals surface area contributed by atoms with E-state index < -0.39 is 15.7 Å². The van der Waals surface area contributed by atoms with E-state index in [-0.39, 0.29) is 28.1 Å². The smallest absolute Gasteiger partial charge is 0.206 e. The van der Waals surface area contributed by atoms with Gasteiger partial charge in [-0.05, 0) is 67.6 Å². The van der Waals surface area contributed by atoms with Gasteiger partial charge >= 0.3 is 0 Å². The molecular weight excluding hydrogens is 349 g/mol. The summed E-state index contributed by atoms with van der Waals surface area (Å²) in [7, 11) is -1.83. The lowest BCUT2D eigenvalue weighted by atomic mass is 9.82. The number of halogens is 2. The summed E-state index contributed by atoms with van der Waals surface area (Å²) in [6.07, 6.45) is 2.60. The topological polar surface area (TPSA) is 46.2 Å². The fraction of sp³-hybridized carbons (Fsp3) is 0.333. The van der Waals surface area contributed by atoms with Crippen molar-refractivity contribution in [3.8, 4) is 0 Å². The van der Waals surface area contributed by atoms with E-state index in [0.29, 0.717) is 12.1 Å². The number of rotatable bonds is 4. The second-order valence-corrected chi connectivity index (χ2v) is 7.89. The third-order valence-electron chi connectivity index (χ3n) is 4.41. The molecule has 1 N–H and O–H groups in total. The maximum Gasteiger partial charge on any atom is 0.206 e. The number of benzene rings is 2. The molecular formula is C18H21ClFNO2S. The van der Waals surface area contributed by atoms with Crippen molar-refractivity contribution in [2.75, 3.05) is 13.6 Å². The average Bonchev–Trinajstić information content (AvgIpc) is 2.56. The Labute approximate surface area is 148 Å². The molecule has 1 aliphatic carbocycles. The van der Waals surface area contributed by atoms with Crippen molar-refractivity contribution in [3.05, 3.63) is 59.4 Å².